The van der Waals surface area contributed by atoms with Gasteiger partial charge in [0, 0.05) is 48.2 Å². The van der Waals surface area contributed by atoms with Gasteiger partial charge in [-0.05, 0) is 39.2 Å². The lowest BCUT2D eigenvalue weighted by molar-refractivity contribution is 0.0947. The number of benzene rings is 1. The van der Waals surface area contributed by atoms with Crippen molar-refractivity contribution < 1.29 is 13.9 Å². The van der Waals surface area contributed by atoms with E-state index >= 15 is 0 Å². The molecule has 0 fully saturated rings. The summed E-state index contributed by atoms with van der Waals surface area (Å²) in [7, 11) is 3.96. The molecule has 3 aromatic rings. The number of halogens is 1. The maximum Gasteiger partial charge on any atom is 0.255 e. The highest BCUT2D eigenvalue weighted by molar-refractivity contribution is 6.06. The van der Waals surface area contributed by atoms with Gasteiger partial charge in [-0.3, -0.25) is 9.78 Å². The van der Waals surface area contributed by atoms with Crippen LogP contribution in [0.3, 0.4) is 0 Å². The van der Waals surface area contributed by atoms with E-state index in [0.29, 0.717) is 53.5 Å². The van der Waals surface area contributed by atoms with Gasteiger partial charge in [0.05, 0.1) is 23.1 Å². The molecule has 2 aromatic heterocycles. The van der Waals surface area contributed by atoms with E-state index in [1.807, 2.05) is 25.1 Å². The number of carbonyl (C=O) groups excluding carboxylic acids is 1. The lowest BCUT2D eigenvalue weighted by Crippen LogP contribution is -2.31. The Hall–Kier alpha value is -3.39. The summed E-state index contributed by atoms with van der Waals surface area (Å²) in [5.41, 5.74) is 4.57. The lowest BCUT2D eigenvalue weighted by atomic mass is 10.0. The molecule has 3 heterocycles. The number of aromatic amines is 1. The molecule has 1 amide bonds. The van der Waals surface area contributed by atoms with Gasteiger partial charge >= 0.3 is 0 Å². The van der Waals surface area contributed by atoms with Gasteiger partial charge in [0.1, 0.15) is 18.2 Å². The van der Waals surface area contributed by atoms with Crippen molar-refractivity contribution in [3.05, 3.63) is 59.3 Å². The largest absolute Gasteiger partial charge is 0.490 e. The first-order valence-corrected chi connectivity index (χ1v) is 10.2. The van der Waals surface area contributed by atoms with Crippen molar-refractivity contribution in [1.82, 2.24) is 20.2 Å². The van der Waals surface area contributed by atoms with E-state index in [9.17, 15) is 9.18 Å². The zero-order chi connectivity index (χ0) is 22.0. The number of likely N-dealkylation sites (N-methyl/N-ethyl adjacent to an activating group) is 1. The number of nitrogens with one attached hydrogen (secondary N) is 3. The first kappa shape index (κ1) is 20.9. The minimum Gasteiger partial charge on any atom is -0.490 e. The van der Waals surface area contributed by atoms with Gasteiger partial charge in [-0.2, -0.15) is 0 Å². The average Bonchev–Trinajstić information content (AvgIpc) is 3.11. The quantitative estimate of drug-likeness (QED) is 0.542. The third-order valence-corrected chi connectivity index (χ3v) is 5.34. The molecule has 31 heavy (non-hydrogen) atoms. The molecule has 4 rings (SSSR count). The Morgan fingerprint density at radius 2 is 2.13 bits per heavy atom. The van der Waals surface area contributed by atoms with E-state index < -0.39 is 0 Å². The Bertz CT molecular complexity index is 1110. The lowest BCUT2D eigenvalue weighted by Gasteiger charge is -2.17. The molecule has 0 saturated carbocycles. The maximum atomic E-state index is 14.2. The number of carbonyl (C=O) groups is 1. The molecule has 8 heteroatoms. The van der Waals surface area contributed by atoms with Crippen LogP contribution in [-0.4, -0.2) is 54.6 Å². The van der Waals surface area contributed by atoms with Crippen molar-refractivity contribution in [2.75, 3.05) is 39.1 Å². The number of fused-ring (bicyclic) bond motifs is 1. The predicted octanol–water partition coefficient (Wildman–Crippen LogP) is 3.49. The molecule has 1 aliphatic rings. The van der Waals surface area contributed by atoms with Crippen LogP contribution in [0.1, 0.15) is 21.6 Å². The van der Waals surface area contributed by atoms with E-state index in [0.717, 1.165) is 17.8 Å². The Morgan fingerprint density at radius 1 is 1.29 bits per heavy atom. The number of H-pyrrole nitrogens is 1. The molecule has 1 aromatic carbocycles. The van der Waals surface area contributed by atoms with E-state index in [1.54, 1.807) is 31.5 Å². The number of anilines is 2. The second-order valence-corrected chi connectivity index (χ2v) is 7.80. The fourth-order valence-electron chi connectivity index (χ4n) is 3.62. The highest BCUT2D eigenvalue weighted by Crippen LogP contribution is 2.40. The van der Waals surface area contributed by atoms with Crippen molar-refractivity contribution in [2.24, 2.45) is 0 Å². The third-order valence-electron chi connectivity index (χ3n) is 5.34. The molecule has 0 aliphatic carbocycles. The van der Waals surface area contributed by atoms with Gasteiger partial charge in [0.25, 0.3) is 5.91 Å². The van der Waals surface area contributed by atoms with Crippen molar-refractivity contribution in [3.8, 4) is 17.0 Å². The van der Waals surface area contributed by atoms with E-state index in [4.69, 9.17) is 4.74 Å². The Morgan fingerprint density at radius 3 is 2.94 bits per heavy atom. The summed E-state index contributed by atoms with van der Waals surface area (Å²) >= 11 is 0. The number of hydrogen-bond acceptors (Lipinski definition) is 5. The van der Waals surface area contributed by atoms with Crippen molar-refractivity contribution in [1.29, 1.82) is 0 Å². The minimum atomic E-state index is -0.308. The number of aromatic nitrogens is 2. The Balaban J connectivity index is 1.80. The predicted molar refractivity (Wildman–Crippen MR) is 119 cm³/mol. The zero-order valence-electron chi connectivity index (χ0n) is 17.9. The molecular weight excluding hydrogens is 397 g/mol. The van der Waals surface area contributed by atoms with Gasteiger partial charge in [-0.1, -0.05) is 6.07 Å². The molecule has 3 N–H and O–H groups in total. The van der Waals surface area contributed by atoms with Gasteiger partial charge < -0.3 is 25.3 Å². The number of nitrogens with zero attached hydrogens (tertiary/aromatic N) is 2. The first-order valence-electron chi connectivity index (χ1n) is 10.2. The topological polar surface area (TPSA) is 82.3 Å². The molecule has 0 atom stereocenters. The summed E-state index contributed by atoms with van der Waals surface area (Å²) in [5, 5.41) is 6.20. The first-order chi connectivity index (χ1) is 15.0. The van der Waals surface area contributed by atoms with Crippen LogP contribution >= 0.6 is 0 Å². The number of ether oxygens (including phenoxy) is 1. The van der Waals surface area contributed by atoms with Crippen LogP contribution < -0.4 is 15.4 Å². The van der Waals surface area contributed by atoms with Crippen LogP contribution in [0.15, 0.2) is 36.7 Å². The molecular formula is C23H26FN5O2. The van der Waals surface area contributed by atoms with E-state index in [1.165, 1.54) is 6.07 Å². The molecule has 0 radical (unpaired) electrons. The summed E-state index contributed by atoms with van der Waals surface area (Å²) in [5.74, 6) is 0.142. The molecule has 0 spiro atoms. The van der Waals surface area contributed by atoms with Crippen LogP contribution in [0.2, 0.25) is 0 Å². The standard InChI is InChI=1S/C23H26FN5O2/c1-14-16(24)5-4-6-17(14)27-22-20-18(8-10-26-23(20)30)28-21(22)15-7-9-25-13-19(15)31-12-11-29(2)3/h4-7,9,13,27-28H,8,10-12H2,1-3H3,(H,26,30). The van der Waals surface area contributed by atoms with E-state index in [-0.39, 0.29) is 11.7 Å². The van der Waals surface area contributed by atoms with Gasteiger partial charge in [-0.25, -0.2) is 4.39 Å². The molecule has 162 valence electrons. The molecule has 0 unspecified atom stereocenters. The Labute approximate surface area is 180 Å². The van der Waals surface area contributed by atoms with Crippen molar-refractivity contribution >= 4 is 17.3 Å². The monoisotopic (exact) mass is 423 g/mol. The number of pyridine rings is 1. The highest BCUT2D eigenvalue weighted by atomic mass is 19.1. The smallest absolute Gasteiger partial charge is 0.255 e. The molecule has 7 nitrogen and oxygen atoms in total. The molecule has 0 saturated heterocycles. The van der Waals surface area contributed by atoms with Crippen LogP contribution in [0.4, 0.5) is 15.8 Å². The Kier molecular flexibility index (Phi) is 5.90. The van der Waals surface area contributed by atoms with Gasteiger partial charge in [0.15, 0.2) is 0 Å². The van der Waals surface area contributed by atoms with E-state index in [2.05, 4.69) is 20.6 Å². The van der Waals surface area contributed by atoms with Crippen LogP contribution in [0, 0.1) is 12.7 Å². The summed E-state index contributed by atoms with van der Waals surface area (Å²) in [6.07, 6.45) is 4.03. The molecule has 0 bridgehead atoms. The van der Waals surface area contributed by atoms with Gasteiger partial charge in [0.2, 0.25) is 0 Å². The summed E-state index contributed by atoms with van der Waals surface area (Å²) in [4.78, 5) is 22.4. The average molecular weight is 423 g/mol. The SMILES string of the molecule is Cc1c(F)cccc1Nc1c(-c2ccncc2OCCN(C)C)[nH]c2c1C(=O)NCC2. The van der Waals surface area contributed by atoms with Crippen molar-refractivity contribution in [3.63, 3.8) is 0 Å². The number of rotatable bonds is 7. The normalized spacial score (nSPS) is 13.1. The third kappa shape index (κ3) is 4.25. The van der Waals surface area contributed by atoms with Crippen LogP contribution in [0.5, 0.6) is 5.75 Å². The summed E-state index contributed by atoms with van der Waals surface area (Å²) < 4.78 is 20.2. The van der Waals surface area contributed by atoms with Crippen LogP contribution in [-0.2, 0) is 6.42 Å². The van der Waals surface area contributed by atoms with Crippen molar-refractivity contribution in [2.45, 2.75) is 13.3 Å². The number of amides is 1. The van der Waals surface area contributed by atoms with Gasteiger partial charge in [-0.15, -0.1) is 0 Å². The summed E-state index contributed by atoms with van der Waals surface area (Å²) in [6.45, 7) is 3.52. The summed E-state index contributed by atoms with van der Waals surface area (Å²) in [6, 6.07) is 6.71. The minimum absolute atomic E-state index is 0.163. The highest BCUT2D eigenvalue weighted by Gasteiger charge is 2.28. The second kappa shape index (κ2) is 8.77. The van der Waals surface area contributed by atoms with Crippen LogP contribution in [0.25, 0.3) is 11.3 Å². The fraction of sp³-hybridized carbons (Fsp3) is 0.304. The molecule has 1 aliphatic heterocycles. The second-order valence-electron chi connectivity index (χ2n) is 7.80. The fourth-order valence-corrected chi connectivity index (χ4v) is 3.62. The maximum absolute atomic E-state index is 14.2. The zero-order valence-corrected chi connectivity index (χ0v) is 17.9. The number of hydrogen-bond donors (Lipinski definition) is 3.